The number of alkyl halides is 3. The van der Waals surface area contributed by atoms with E-state index in [4.69, 9.17) is 0 Å². The molecule has 2 N–H and O–H groups in total. The first-order valence-corrected chi connectivity index (χ1v) is 13.2. The summed E-state index contributed by atoms with van der Waals surface area (Å²) in [6.45, 7) is 4.25. The van der Waals surface area contributed by atoms with Crippen LogP contribution in [0.3, 0.4) is 0 Å². The van der Waals surface area contributed by atoms with E-state index in [9.17, 15) is 23.1 Å². The molecule has 38 heavy (non-hydrogen) atoms. The van der Waals surface area contributed by atoms with Crippen molar-refractivity contribution in [2.24, 2.45) is 0 Å². The van der Waals surface area contributed by atoms with Crippen molar-refractivity contribution in [3.8, 4) is 11.3 Å². The van der Waals surface area contributed by atoms with Gasteiger partial charge in [-0.1, -0.05) is 43.3 Å². The number of hydrogen-bond donors (Lipinski definition) is 2. The molecule has 2 aromatic carbocycles. The van der Waals surface area contributed by atoms with Gasteiger partial charge in [0.05, 0.1) is 17.4 Å². The zero-order valence-corrected chi connectivity index (χ0v) is 21.4. The molecule has 2 saturated heterocycles. The Hall–Kier alpha value is -3.33. The highest BCUT2D eigenvalue weighted by molar-refractivity contribution is 5.75. The van der Waals surface area contributed by atoms with Gasteiger partial charge in [-0.3, -0.25) is 5.10 Å². The van der Waals surface area contributed by atoms with Crippen molar-refractivity contribution in [1.82, 2.24) is 20.0 Å². The molecule has 3 aromatic rings. The standard InChI is InChI=1S/C29H33F3N4O2/c1-2-19-6-8-20(9-7-19)22-14-23(18-36(17-22)28(38)35-12-10-25(37)11-13-35)27-16-26(33-34-27)21-4-3-5-24(15-21)29(30,31)32/h3-9,15-16,22-23,25,37H,2,10-14,17-18H2,1H3,(H,33,34). The molecule has 2 fully saturated rings. The predicted octanol–water partition coefficient (Wildman–Crippen LogP) is 5.81. The van der Waals surface area contributed by atoms with E-state index in [1.807, 2.05) is 15.9 Å². The lowest BCUT2D eigenvalue weighted by molar-refractivity contribution is -0.137. The molecule has 3 heterocycles. The van der Waals surface area contributed by atoms with Crippen molar-refractivity contribution < 1.29 is 23.1 Å². The van der Waals surface area contributed by atoms with E-state index < -0.39 is 11.7 Å². The van der Waals surface area contributed by atoms with Gasteiger partial charge < -0.3 is 14.9 Å². The molecule has 0 saturated carbocycles. The summed E-state index contributed by atoms with van der Waals surface area (Å²) in [6, 6.07) is 15.5. The van der Waals surface area contributed by atoms with E-state index in [-0.39, 0.29) is 24.0 Å². The SMILES string of the molecule is CCc1ccc(C2CC(c3cc(-c4cccc(C(F)(F)F)c4)n[nH]3)CN(C(=O)N3CCC(O)CC3)C2)cc1. The van der Waals surface area contributed by atoms with Crippen LogP contribution >= 0.6 is 0 Å². The number of carbonyl (C=O) groups excluding carboxylic acids is 1. The van der Waals surface area contributed by atoms with Gasteiger partial charge in [0.2, 0.25) is 0 Å². The number of likely N-dealkylation sites (tertiary alicyclic amines) is 2. The number of rotatable bonds is 4. The summed E-state index contributed by atoms with van der Waals surface area (Å²) in [7, 11) is 0. The summed E-state index contributed by atoms with van der Waals surface area (Å²) >= 11 is 0. The second-order valence-corrected chi connectivity index (χ2v) is 10.4. The average molecular weight is 527 g/mol. The van der Waals surface area contributed by atoms with Gasteiger partial charge in [-0.15, -0.1) is 0 Å². The second-order valence-electron chi connectivity index (χ2n) is 10.4. The van der Waals surface area contributed by atoms with Crippen molar-refractivity contribution in [2.75, 3.05) is 26.2 Å². The van der Waals surface area contributed by atoms with Crippen LogP contribution in [0.2, 0.25) is 0 Å². The molecule has 2 atom stereocenters. The Kier molecular flexibility index (Phi) is 7.47. The van der Waals surface area contributed by atoms with Crippen LogP contribution in [0.1, 0.15) is 60.4 Å². The molecule has 5 rings (SSSR count). The third kappa shape index (κ3) is 5.72. The monoisotopic (exact) mass is 526 g/mol. The van der Waals surface area contributed by atoms with Gasteiger partial charge in [0.1, 0.15) is 0 Å². The first-order valence-electron chi connectivity index (χ1n) is 13.2. The van der Waals surface area contributed by atoms with E-state index in [1.165, 1.54) is 11.6 Å². The zero-order valence-electron chi connectivity index (χ0n) is 21.4. The van der Waals surface area contributed by atoms with E-state index in [2.05, 4.69) is 41.4 Å². The molecule has 0 bridgehead atoms. The van der Waals surface area contributed by atoms with Crippen LogP contribution in [-0.4, -0.2) is 63.4 Å². The Bertz CT molecular complexity index is 1250. The van der Waals surface area contributed by atoms with E-state index >= 15 is 0 Å². The highest BCUT2D eigenvalue weighted by atomic mass is 19.4. The van der Waals surface area contributed by atoms with Crippen LogP contribution in [0.4, 0.5) is 18.0 Å². The summed E-state index contributed by atoms with van der Waals surface area (Å²) in [5, 5.41) is 17.3. The molecule has 2 amide bonds. The van der Waals surface area contributed by atoms with Gasteiger partial charge in [0.15, 0.2) is 0 Å². The van der Waals surface area contributed by atoms with E-state index in [1.54, 1.807) is 6.07 Å². The number of hydrogen-bond acceptors (Lipinski definition) is 3. The van der Waals surface area contributed by atoms with Crippen LogP contribution in [0.5, 0.6) is 0 Å². The molecule has 6 nitrogen and oxygen atoms in total. The van der Waals surface area contributed by atoms with Gasteiger partial charge >= 0.3 is 12.2 Å². The summed E-state index contributed by atoms with van der Waals surface area (Å²) < 4.78 is 39.7. The molecule has 202 valence electrons. The van der Waals surface area contributed by atoms with Crippen molar-refractivity contribution in [1.29, 1.82) is 0 Å². The predicted molar refractivity (Wildman–Crippen MR) is 139 cm³/mol. The van der Waals surface area contributed by atoms with Crippen LogP contribution in [0.15, 0.2) is 54.6 Å². The second kappa shape index (κ2) is 10.8. The Balaban J connectivity index is 1.41. The minimum Gasteiger partial charge on any atom is -0.393 e. The lowest BCUT2D eigenvalue weighted by atomic mass is 9.82. The number of amides is 2. The molecule has 1 aromatic heterocycles. The van der Waals surface area contributed by atoms with Crippen LogP contribution < -0.4 is 0 Å². The Labute approximate surface area is 220 Å². The Morgan fingerprint density at radius 2 is 1.74 bits per heavy atom. The summed E-state index contributed by atoms with van der Waals surface area (Å²) in [5.41, 5.74) is 3.35. The molecular formula is C29H33F3N4O2. The van der Waals surface area contributed by atoms with Crippen molar-refractivity contribution in [3.63, 3.8) is 0 Å². The third-order valence-corrected chi connectivity index (χ3v) is 7.84. The number of aromatic nitrogens is 2. The number of aliphatic hydroxyl groups excluding tert-OH is 1. The number of nitrogens with zero attached hydrogens (tertiary/aromatic N) is 3. The van der Waals surface area contributed by atoms with E-state index in [0.717, 1.165) is 36.2 Å². The third-order valence-electron chi connectivity index (χ3n) is 7.84. The fourth-order valence-corrected chi connectivity index (χ4v) is 5.55. The molecular weight excluding hydrogens is 493 g/mol. The Morgan fingerprint density at radius 3 is 2.42 bits per heavy atom. The van der Waals surface area contributed by atoms with Gasteiger partial charge in [-0.25, -0.2) is 4.79 Å². The lowest BCUT2D eigenvalue weighted by Gasteiger charge is -2.41. The number of aromatic amines is 1. The fourth-order valence-electron chi connectivity index (χ4n) is 5.55. The van der Waals surface area contributed by atoms with Gasteiger partial charge in [0.25, 0.3) is 0 Å². The first kappa shape index (κ1) is 26.3. The van der Waals surface area contributed by atoms with Crippen LogP contribution in [0, 0.1) is 0 Å². The van der Waals surface area contributed by atoms with Gasteiger partial charge in [-0.05, 0) is 55.0 Å². The van der Waals surface area contributed by atoms with E-state index in [0.29, 0.717) is 50.3 Å². The number of carbonyl (C=O) groups is 1. The van der Waals surface area contributed by atoms with Gasteiger partial charge in [-0.2, -0.15) is 18.3 Å². The average Bonchev–Trinajstić information content (AvgIpc) is 3.43. The molecule has 9 heteroatoms. The minimum atomic E-state index is -4.43. The normalized spacial score (nSPS) is 21.1. The number of halogens is 3. The smallest absolute Gasteiger partial charge is 0.393 e. The number of aliphatic hydroxyl groups is 1. The summed E-state index contributed by atoms with van der Waals surface area (Å²) in [5.74, 6) is 0.0604. The number of benzene rings is 2. The van der Waals surface area contributed by atoms with Crippen molar-refractivity contribution >= 4 is 6.03 Å². The summed E-state index contributed by atoms with van der Waals surface area (Å²) in [4.78, 5) is 17.2. The summed E-state index contributed by atoms with van der Waals surface area (Å²) in [6.07, 6.45) is -1.90. The fraction of sp³-hybridized carbons (Fsp3) is 0.448. The molecule has 0 aliphatic carbocycles. The number of H-pyrrole nitrogens is 1. The number of nitrogens with one attached hydrogen (secondary N) is 1. The minimum absolute atomic E-state index is 0.0330. The van der Waals surface area contributed by atoms with Crippen LogP contribution in [-0.2, 0) is 12.6 Å². The highest BCUT2D eigenvalue weighted by Gasteiger charge is 2.36. The zero-order chi connectivity index (χ0) is 26.9. The number of urea groups is 1. The first-order chi connectivity index (χ1) is 18.2. The molecule has 0 spiro atoms. The maximum absolute atomic E-state index is 13.5. The molecule has 2 aliphatic heterocycles. The topological polar surface area (TPSA) is 72.5 Å². The van der Waals surface area contributed by atoms with Crippen LogP contribution in [0.25, 0.3) is 11.3 Å². The molecule has 2 unspecified atom stereocenters. The Morgan fingerprint density at radius 1 is 1.03 bits per heavy atom. The number of piperidine rings is 2. The van der Waals surface area contributed by atoms with Crippen molar-refractivity contribution in [3.05, 3.63) is 77.0 Å². The maximum atomic E-state index is 13.5. The number of aryl methyl sites for hydroxylation is 1. The lowest BCUT2D eigenvalue weighted by Crippen LogP contribution is -2.51. The maximum Gasteiger partial charge on any atom is 0.416 e. The largest absolute Gasteiger partial charge is 0.416 e. The molecule has 0 radical (unpaired) electrons. The highest BCUT2D eigenvalue weighted by Crippen LogP contribution is 2.38. The molecule has 2 aliphatic rings. The quantitative estimate of drug-likeness (QED) is 0.451. The van der Waals surface area contributed by atoms with Crippen molar-refractivity contribution in [2.45, 2.75) is 56.7 Å². The van der Waals surface area contributed by atoms with Gasteiger partial charge in [0, 0.05) is 49.3 Å².